The fraction of sp³-hybridized carbons (Fsp3) is 0.867. The second-order valence-corrected chi connectivity index (χ2v) is 5.45. The van der Waals surface area contributed by atoms with Crippen LogP contribution in [0.4, 0.5) is 4.79 Å². The Morgan fingerprint density at radius 1 is 1.05 bits per heavy atom. The first-order valence-corrected chi connectivity index (χ1v) is 7.75. The average molecular weight is 286 g/mol. The number of hydrogen-bond acceptors (Lipinski definition) is 2. The van der Waals surface area contributed by atoms with Crippen LogP contribution in [0.3, 0.4) is 0 Å². The molecular formula is C15H30N2O3. The van der Waals surface area contributed by atoms with E-state index in [0.29, 0.717) is 6.42 Å². The van der Waals surface area contributed by atoms with E-state index in [2.05, 4.69) is 24.5 Å². The third-order valence-corrected chi connectivity index (χ3v) is 3.64. The highest BCUT2D eigenvalue weighted by Crippen LogP contribution is 2.09. The SMILES string of the molecule is CCCCC(CCC)NC(=O)N[C@H](C(=O)O)C(C)CC. The summed E-state index contributed by atoms with van der Waals surface area (Å²) >= 11 is 0. The molecule has 0 saturated heterocycles. The highest BCUT2D eigenvalue weighted by atomic mass is 16.4. The van der Waals surface area contributed by atoms with Crippen LogP contribution in [0.15, 0.2) is 0 Å². The quantitative estimate of drug-likeness (QED) is 0.577. The Balaban J connectivity index is 4.43. The number of carboxylic acid groups (broad SMARTS) is 1. The van der Waals surface area contributed by atoms with Crippen molar-refractivity contribution in [3.05, 3.63) is 0 Å². The Morgan fingerprint density at radius 2 is 1.70 bits per heavy atom. The number of carbonyl (C=O) groups is 2. The highest BCUT2D eigenvalue weighted by Gasteiger charge is 2.25. The van der Waals surface area contributed by atoms with Crippen molar-refractivity contribution in [2.45, 2.75) is 78.3 Å². The first-order chi connectivity index (χ1) is 9.46. The Bertz CT molecular complexity index is 295. The molecule has 2 amide bonds. The molecule has 0 aromatic carbocycles. The molecule has 0 aromatic rings. The first kappa shape index (κ1) is 18.7. The molecular weight excluding hydrogens is 256 g/mol. The van der Waals surface area contributed by atoms with Crippen LogP contribution in [0.25, 0.3) is 0 Å². The van der Waals surface area contributed by atoms with Crippen molar-refractivity contribution in [2.75, 3.05) is 0 Å². The maximum atomic E-state index is 11.9. The van der Waals surface area contributed by atoms with E-state index >= 15 is 0 Å². The topological polar surface area (TPSA) is 78.4 Å². The number of nitrogens with one attached hydrogen (secondary N) is 2. The molecule has 118 valence electrons. The van der Waals surface area contributed by atoms with E-state index < -0.39 is 12.0 Å². The molecule has 0 fully saturated rings. The molecule has 0 saturated carbocycles. The van der Waals surface area contributed by atoms with Crippen LogP contribution in [0.1, 0.15) is 66.2 Å². The lowest BCUT2D eigenvalue weighted by Gasteiger charge is -2.23. The summed E-state index contributed by atoms with van der Waals surface area (Å²) in [6.45, 7) is 7.95. The largest absolute Gasteiger partial charge is 0.480 e. The van der Waals surface area contributed by atoms with Crippen molar-refractivity contribution < 1.29 is 14.7 Å². The molecule has 0 aliphatic carbocycles. The second kappa shape index (κ2) is 10.5. The van der Waals surface area contributed by atoms with E-state index in [0.717, 1.165) is 32.1 Å². The summed E-state index contributed by atoms with van der Waals surface area (Å²) in [5.74, 6) is -1.06. The van der Waals surface area contributed by atoms with Crippen molar-refractivity contribution >= 4 is 12.0 Å². The van der Waals surface area contributed by atoms with E-state index in [9.17, 15) is 9.59 Å². The minimum absolute atomic E-state index is 0.0847. The van der Waals surface area contributed by atoms with Crippen molar-refractivity contribution in [3.63, 3.8) is 0 Å². The van der Waals surface area contributed by atoms with Crippen molar-refractivity contribution in [1.82, 2.24) is 10.6 Å². The number of rotatable bonds is 10. The van der Waals surface area contributed by atoms with Gasteiger partial charge in [-0.05, 0) is 18.8 Å². The molecule has 3 atom stereocenters. The monoisotopic (exact) mass is 286 g/mol. The molecule has 20 heavy (non-hydrogen) atoms. The lowest BCUT2D eigenvalue weighted by atomic mass is 9.99. The van der Waals surface area contributed by atoms with E-state index in [1.165, 1.54) is 0 Å². The van der Waals surface area contributed by atoms with Gasteiger partial charge in [0.25, 0.3) is 0 Å². The van der Waals surface area contributed by atoms with E-state index in [4.69, 9.17) is 5.11 Å². The zero-order valence-corrected chi connectivity index (χ0v) is 13.2. The third-order valence-electron chi connectivity index (χ3n) is 3.64. The summed E-state index contributed by atoms with van der Waals surface area (Å²) in [6.07, 6.45) is 5.74. The van der Waals surface area contributed by atoms with Crippen LogP contribution in [0, 0.1) is 5.92 Å². The molecule has 5 heteroatoms. The summed E-state index contributed by atoms with van der Waals surface area (Å²) < 4.78 is 0. The highest BCUT2D eigenvalue weighted by molar-refractivity contribution is 5.82. The molecule has 0 spiro atoms. The number of urea groups is 1. The van der Waals surface area contributed by atoms with Crippen LogP contribution in [-0.2, 0) is 4.79 Å². The predicted molar refractivity (Wildman–Crippen MR) is 80.8 cm³/mol. The maximum absolute atomic E-state index is 11.9. The van der Waals surface area contributed by atoms with Gasteiger partial charge in [-0.15, -0.1) is 0 Å². The average Bonchev–Trinajstić information content (AvgIpc) is 2.41. The first-order valence-electron chi connectivity index (χ1n) is 7.75. The lowest BCUT2D eigenvalue weighted by molar-refractivity contribution is -0.140. The molecule has 3 N–H and O–H groups in total. The van der Waals surface area contributed by atoms with Crippen LogP contribution < -0.4 is 10.6 Å². The molecule has 0 aromatic heterocycles. The smallest absolute Gasteiger partial charge is 0.326 e. The van der Waals surface area contributed by atoms with Gasteiger partial charge in [0.1, 0.15) is 6.04 Å². The van der Waals surface area contributed by atoms with Gasteiger partial charge in [-0.25, -0.2) is 9.59 Å². The second-order valence-electron chi connectivity index (χ2n) is 5.45. The Morgan fingerprint density at radius 3 is 2.15 bits per heavy atom. The van der Waals surface area contributed by atoms with Gasteiger partial charge in [-0.1, -0.05) is 53.4 Å². The van der Waals surface area contributed by atoms with Crippen LogP contribution in [-0.4, -0.2) is 29.2 Å². The van der Waals surface area contributed by atoms with Gasteiger partial charge in [0.2, 0.25) is 0 Å². The van der Waals surface area contributed by atoms with E-state index in [1.807, 2.05) is 13.8 Å². The summed E-state index contributed by atoms with van der Waals surface area (Å²) in [7, 11) is 0. The molecule has 0 bridgehead atoms. The van der Waals surface area contributed by atoms with E-state index in [-0.39, 0.29) is 18.0 Å². The van der Waals surface area contributed by atoms with Crippen molar-refractivity contribution in [2.24, 2.45) is 5.92 Å². The van der Waals surface area contributed by atoms with E-state index in [1.54, 1.807) is 0 Å². The number of hydrogen-bond donors (Lipinski definition) is 3. The molecule has 0 heterocycles. The lowest BCUT2D eigenvalue weighted by Crippen LogP contribution is -2.51. The van der Waals surface area contributed by atoms with Crippen molar-refractivity contribution in [3.8, 4) is 0 Å². The van der Waals surface area contributed by atoms with Gasteiger partial charge >= 0.3 is 12.0 Å². The third kappa shape index (κ3) is 7.36. The molecule has 0 rings (SSSR count). The van der Waals surface area contributed by atoms with Crippen LogP contribution >= 0.6 is 0 Å². The number of amides is 2. The van der Waals surface area contributed by atoms with Gasteiger partial charge < -0.3 is 15.7 Å². The molecule has 0 radical (unpaired) electrons. The molecule has 0 aliphatic heterocycles. The molecule has 2 unspecified atom stereocenters. The molecule has 5 nitrogen and oxygen atoms in total. The standard InChI is InChI=1S/C15H30N2O3/c1-5-8-10-12(9-6-2)16-15(20)17-13(14(18)19)11(4)7-3/h11-13H,5-10H2,1-4H3,(H,18,19)(H2,16,17,20)/t11?,12?,13-/m0/s1. The fourth-order valence-corrected chi connectivity index (χ4v) is 2.14. The number of unbranched alkanes of at least 4 members (excludes halogenated alkanes) is 1. The van der Waals surface area contributed by atoms with Gasteiger partial charge in [-0.2, -0.15) is 0 Å². The summed E-state index contributed by atoms with van der Waals surface area (Å²) in [5, 5.41) is 14.6. The minimum Gasteiger partial charge on any atom is -0.480 e. The van der Waals surface area contributed by atoms with Gasteiger partial charge in [0.15, 0.2) is 0 Å². The zero-order valence-electron chi connectivity index (χ0n) is 13.2. The summed E-state index contributed by atoms with van der Waals surface area (Å²) in [5.41, 5.74) is 0. The Labute approximate surface area is 122 Å². The number of aliphatic carboxylic acids is 1. The minimum atomic E-state index is -0.977. The predicted octanol–water partition coefficient (Wildman–Crippen LogP) is 3.14. The maximum Gasteiger partial charge on any atom is 0.326 e. The fourth-order valence-electron chi connectivity index (χ4n) is 2.14. The molecule has 0 aliphatic rings. The van der Waals surface area contributed by atoms with Gasteiger partial charge in [-0.3, -0.25) is 0 Å². The van der Waals surface area contributed by atoms with Gasteiger partial charge in [0.05, 0.1) is 0 Å². The summed E-state index contributed by atoms with van der Waals surface area (Å²) in [4.78, 5) is 23.1. The Kier molecular flexibility index (Phi) is 9.86. The van der Waals surface area contributed by atoms with Crippen LogP contribution in [0.5, 0.6) is 0 Å². The summed E-state index contributed by atoms with van der Waals surface area (Å²) in [6, 6.07) is -1.06. The number of carboxylic acids is 1. The Hall–Kier alpha value is -1.26. The van der Waals surface area contributed by atoms with Crippen LogP contribution in [0.2, 0.25) is 0 Å². The van der Waals surface area contributed by atoms with Gasteiger partial charge in [0, 0.05) is 6.04 Å². The number of carbonyl (C=O) groups excluding carboxylic acids is 1. The zero-order chi connectivity index (χ0) is 15.5. The normalized spacial score (nSPS) is 15.2. The van der Waals surface area contributed by atoms with Crippen molar-refractivity contribution in [1.29, 1.82) is 0 Å².